The first-order valence-corrected chi connectivity index (χ1v) is 9.04. The Morgan fingerprint density at radius 2 is 1.43 bits per heavy atom. The van der Waals surface area contributed by atoms with Crippen LogP contribution in [-0.2, 0) is 11.3 Å². The van der Waals surface area contributed by atoms with Crippen molar-refractivity contribution in [1.29, 1.82) is 0 Å². The maximum absolute atomic E-state index is 11.3. The number of aliphatic hydroxyl groups is 1. The summed E-state index contributed by atoms with van der Waals surface area (Å²) in [5.41, 5.74) is 3.05. The van der Waals surface area contributed by atoms with Gasteiger partial charge >= 0.3 is 5.97 Å². The number of carbonyl (C=O) groups excluding carboxylic acids is 1. The molecule has 4 rings (SSSR count). The van der Waals surface area contributed by atoms with E-state index in [-0.39, 0.29) is 27.4 Å². The summed E-state index contributed by atoms with van der Waals surface area (Å²) in [6, 6.07) is 14.3. The number of aliphatic hydroxyl groups excluding tert-OH is 1. The van der Waals surface area contributed by atoms with Gasteiger partial charge in [0.25, 0.3) is 0 Å². The molecule has 2 aromatic heterocycles. The minimum absolute atomic E-state index is 0. The van der Waals surface area contributed by atoms with Crippen LogP contribution in [0.5, 0.6) is 0 Å². The van der Waals surface area contributed by atoms with Crippen LogP contribution in [0.1, 0.15) is 30.8 Å². The highest BCUT2D eigenvalue weighted by Gasteiger charge is 2.06. The molecule has 0 aliphatic rings. The summed E-state index contributed by atoms with van der Waals surface area (Å²) in [5, 5.41) is 11.9. The molecule has 1 N–H and O–H groups in total. The SMILES string of the molecule is C.C.COC(=O)c1ccc2ncc(Cl)cc2c1.OCc1ccc2ncc(Cl)cc2c1. The van der Waals surface area contributed by atoms with E-state index in [1.54, 1.807) is 36.7 Å². The molecular formula is C23H24Cl2N2O3. The van der Waals surface area contributed by atoms with Crippen LogP contribution in [0.4, 0.5) is 0 Å². The first-order chi connectivity index (χ1) is 13.5. The fourth-order valence-electron chi connectivity index (χ4n) is 2.60. The number of halogens is 2. The van der Waals surface area contributed by atoms with Gasteiger partial charge in [0.2, 0.25) is 0 Å². The third-order valence-corrected chi connectivity index (χ3v) is 4.38. The van der Waals surface area contributed by atoms with Gasteiger partial charge in [0.15, 0.2) is 0 Å². The smallest absolute Gasteiger partial charge is 0.337 e. The van der Waals surface area contributed by atoms with E-state index < -0.39 is 0 Å². The molecule has 0 saturated carbocycles. The van der Waals surface area contributed by atoms with Crippen molar-refractivity contribution < 1.29 is 14.6 Å². The first-order valence-electron chi connectivity index (χ1n) is 8.29. The van der Waals surface area contributed by atoms with Gasteiger partial charge in [-0.1, -0.05) is 44.1 Å². The Hall–Kier alpha value is -2.73. The van der Waals surface area contributed by atoms with E-state index in [2.05, 4.69) is 14.7 Å². The van der Waals surface area contributed by atoms with Crippen molar-refractivity contribution in [3.63, 3.8) is 0 Å². The molecule has 2 heterocycles. The molecule has 5 nitrogen and oxygen atoms in total. The number of carbonyl (C=O) groups is 1. The Morgan fingerprint density at radius 1 is 0.900 bits per heavy atom. The fourth-order valence-corrected chi connectivity index (χ4v) is 2.93. The third kappa shape index (κ3) is 6.13. The number of fused-ring (bicyclic) bond motifs is 2. The summed E-state index contributed by atoms with van der Waals surface area (Å²) >= 11 is 11.6. The predicted octanol–water partition coefficient (Wildman–Crippen LogP) is 6.33. The number of hydrogen-bond acceptors (Lipinski definition) is 5. The van der Waals surface area contributed by atoms with Crippen molar-refractivity contribution in [2.45, 2.75) is 21.5 Å². The number of ether oxygens (including phenoxy) is 1. The second-order valence-electron chi connectivity index (χ2n) is 5.89. The lowest BCUT2D eigenvalue weighted by atomic mass is 10.1. The van der Waals surface area contributed by atoms with Crippen molar-refractivity contribution in [3.05, 3.63) is 82.1 Å². The second kappa shape index (κ2) is 11.5. The third-order valence-electron chi connectivity index (χ3n) is 3.96. The topological polar surface area (TPSA) is 72.3 Å². The summed E-state index contributed by atoms with van der Waals surface area (Å²) in [4.78, 5) is 19.5. The van der Waals surface area contributed by atoms with Gasteiger partial charge in [0.05, 0.1) is 40.4 Å². The first kappa shape index (κ1) is 25.3. The van der Waals surface area contributed by atoms with Gasteiger partial charge in [0, 0.05) is 23.2 Å². The molecule has 7 heteroatoms. The normalized spacial score (nSPS) is 9.73. The molecule has 0 amide bonds. The van der Waals surface area contributed by atoms with E-state index in [0.29, 0.717) is 15.6 Å². The van der Waals surface area contributed by atoms with Gasteiger partial charge in [-0.3, -0.25) is 9.97 Å². The van der Waals surface area contributed by atoms with E-state index in [1.807, 2.05) is 24.3 Å². The van der Waals surface area contributed by atoms with E-state index in [4.69, 9.17) is 28.3 Å². The van der Waals surface area contributed by atoms with Crippen LogP contribution in [0.2, 0.25) is 10.0 Å². The molecule has 158 valence electrons. The monoisotopic (exact) mass is 446 g/mol. The summed E-state index contributed by atoms with van der Waals surface area (Å²) in [5.74, 6) is -0.364. The molecule has 0 aliphatic carbocycles. The minimum atomic E-state index is -0.364. The maximum Gasteiger partial charge on any atom is 0.337 e. The highest BCUT2D eigenvalue weighted by molar-refractivity contribution is 6.31. The number of esters is 1. The molecule has 2 aromatic carbocycles. The van der Waals surface area contributed by atoms with Crippen molar-refractivity contribution in [2.75, 3.05) is 7.11 Å². The lowest BCUT2D eigenvalue weighted by Crippen LogP contribution is -2.00. The molecule has 4 aromatic rings. The van der Waals surface area contributed by atoms with Gasteiger partial charge in [-0.05, 0) is 48.0 Å². The zero-order valence-corrected chi connectivity index (χ0v) is 16.4. The Bertz CT molecular complexity index is 1150. The standard InChI is InChI=1S/C11H8ClNO2.C10H8ClNO.2CH4/c1-15-11(14)7-2-3-10-8(4-7)5-9(12)6-13-10;11-9-4-8-3-7(6-13)1-2-10(8)12-5-9;;/h2-6H,1H3;1-5,13H,6H2;2*1H4. The van der Waals surface area contributed by atoms with Crippen LogP contribution in [0.25, 0.3) is 21.8 Å². The van der Waals surface area contributed by atoms with Gasteiger partial charge in [0.1, 0.15) is 0 Å². The zero-order chi connectivity index (χ0) is 20.1. The summed E-state index contributed by atoms with van der Waals surface area (Å²) < 4.78 is 4.62. The molecule has 0 atom stereocenters. The molecule has 0 bridgehead atoms. The van der Waals surface area contributed by atoms with Gasteiger partial charge in [-0.25, -0.2) is 4.79 Å². The average Bonchev–Trinajstić information content (AvgIpc) is 2.72. The van der Waals surface area contributed by atoms with Gasteiger partial charge in [-0.15, -0.1) is 0 Å². The lowest BCUT2D eigenvalue weighted by molar-refractivity contribution is 0.0601. The molecule has 0 fully saturated rings. The lowest BCUT2D eigenvalue weighted by Gasteiger charge is -2.01. The number of hydrogen-bond donors (Lipinski definition) is 1. The molecule has 0 radical (unpaired) electrons. The van der Waals surface area contributed by atoms with Gasteiger partial charge < -0.3 is 9.84 Å². The highest BCUT2D eigenvalue weighted by Crippen LogP contribution is 2.19. The van der Waals surface area contributed by atoms with Crippen LogP contribution >= 0.6 is 23.2 Å². The quantitative estimate of drug-likeness (QED) is 0.364. The second-order valence-corrected chi connectivity index (χ2v) is 6.76. The Morgan fingerprint density at radius 3 is 1.97 bits per heavy atom. The number of aromatic nitrogens is 2. The Balaban J connectivity index is 0.000000284. The number of benzene rings is 2. The van der Waals surface area contributed by atoms with Crippen LogP contribution in [0, 0.1) is 0 Å². The summed E-state index contributed by atoms with van der Waals surface area (Å²) in [7, 11) is 1.35. The maximum atomic E-state index is 11.3. The van der Waals surface area contributed by atoms with Gasteiger partial charge in [-0.2, -0.15) is 0 Å². The molecule has 0 aliphatic heterocycles. The number of nitrogens with zero attached hydrogens (tertiary/aromatic N) is 2. The van der Waals surface area contributed by atoms with E-state index in [9.17, 15) is 4.79 Å². The Kier molecular flexibility index (Phi) is 9.66. The summed E-state index contributed by atoms with van der Waals surface area (Å²) in [6.45, 7) is 0.0441. The largest absolute Gasteiger partial charge is 0.465 e. The molecule has 0 spiro atoms. The number of pyridine rings is 2. The van der Waals surface area contributed by atoms with E-state index >= 15 is 0 Å². The molecule has 0 saturated heterocycles. The van der Waals surface area contributed by atoms with Crippen molar-refractivity contribution in [1.82, 2.24) is 9.97 Å². The average molecular weight is 447 g/mol. The Labute approximate surface area is 186 Å². The van der Waals surface area contributed by atoms with Crippen molar-refractivity contribution in [2.24, 2.45) is 0 Å². The van der Waals surface area contributed by atoms with Crippen LogP contribution in [0.15, 0.2) is 60.9 Å². The van der Waals surface area contributed by atoms with Crippen LogP contribution in [-0.4, -0.2) is 28.2 Å². The van der Waals surface area contributed by atoms with Crippen LogP contribution in [0.3, 0.4) is 0 Å². The highest BCUT2D eigenvalue weighted by atomic mass is 35.5. The van der Waals surface area contributed by atoms with Crippen LogP contribution < -0.4 is 0 Å². The zero-order valence-electron chi connectivity index (χ0n) is 14.9. The van der Waals surface area contributed by atoms with E-state index in [0.717, 1.165) is 27.4 Å². The molecular weight excluding hydrogens is 423 g/mol. The predicted molar refractivity (Wildman–Crippen MR) is 124 cm³/mol. The fraction of sp³-hybridized carbons (Fsp3) is 0.174. The molecule has 0 unspecified atom stereocenters. The summed E-state index contributed by atoms with van der Waals surface area (Å²) in [6.07, 6.45) is 3.18. The number of rotatable bonds is 2. The van der Waals surface area contributed by atoms with E-state index in [1.165, 1.54) is 7.11 Å². The number of methoxy groups -OCH3 is 1. The minimum Gasteiger partial charge on any atom is -0.465 e. The van der Waals surface area contributed by atoms with Crippen molar-refractivity contribution in [3.8, 4) is 0 Å². The van der Waals surface area contributed by atoms with Crippen molar-refractivity contribution >= 4 is 51.0 Å². The molecule has 30 heavy (non-hydrogen) atoms.